The normalized spacial score (nSPS) is 12.1. The summed E-state index contributed by atoms with van der Waals surface area (Å²) in [5.74, 6) is 0.437. The fraction of sp³-hybridized carbons (Fsp3) is 0.600. The highest BCUT2D eigenvalue weighted by Crippen LogP contribution is 2.26. The standard InChI is InChI=1S/C10H15NOS/c1-7(2)8-5-13-9(11-8)10(3,4)6-12/h5-7H,1-4H3. The zero-order valence-corrected chi connectivity index (χ0v) is 9.31. The Labute approximate surface area is 83.0 Å². The van der Waals surface area contributed by atoms with Crippen LogP contribution in [0.4, 0.5) is 0 Å². The molecule has 0 atom stereocenters. The molecule has 0 aromatic carbocycles. The van der Waals surface area contributed by atoms with Gasteiger partial charge in [-0.15, -0.1) is 11.3 Å². The molecule has 13 heavy (non-hydrogen) atoms. The van der Waals surface area contributed by atoms with Crippen molar-refractivity contribution in [1.29, 1.82) is 0 Å². The van der Waals surface area contributed by atoms with Crippen molar-refractivity contribution in [3.05, 3.63) is 16.1 Å². The van der Waals surface area contributed by atoms with Crippen LogP contribution in [-0.4, -0.2) is 11.3 Å². The Morgan fingerprint density at radius 3 is 2.54 bits per heavy atom. The molecule has 1 aromatic rings. The van der Waals surface area contributed by atoms with Crippen LogP contribution in [0.2, 0.25) is 0 Å². The van der Waals surface area contributed by atoms with Crippen LogP contribution in [0.25, 0.3) is 0 Å². The molecule has 0 fully saturated rings. The van der Waals surface area contributed by atoms with Gasteiger partial charge in [0.1, 0.15) is 11.3 Å². The van der Waals surface area contributed by atoms with Gasteiger partial charge in [0.2, 0.25) is 0 Å². The van der Waals surface area contributed by atoms with Crippen LogP contribution in [0.5, 0.6) is 0 Å². The number of hydrogen-bond acceptors (Lipinski definition) is 3. The van der Waals surface area contributed by atoms with E-state index in [1.807, 2.05) is 19.2 Å². The number of aromatic nitrogens is 1. The summed E-state index contributed by atoms with van der Waals surface area (Å²) < 4.78 is 0. The molecule has 0 saturated carbocycles. The highest BCUT2D eigenvalue weighted by Gasteiger charge is 2.23. The zero-order chi connectivity index (χ0) is 10.1. The van der Waals surface area contributed by atoms with Crippen molar-refractivity contribution in [2.45, 2.75) is 39.0 Å². The van der Waals surface area contributed by atoms with E-state index in [1.165, 1.54) is 0 Å². The smallest absolute Gasteiger partial charge is 0.132 e. The van der Waals surface area contributed by atoms with Crippen LogP contribution >= 0.6 is 11.3 Å². The second-order valence-electron chi connectivity index (χ2n) is 4.07. The monoisotopic (exact) mass is 197 g/mol. The molecule has 0 N–H and O–H groups in total. The van der Waals surface area contributed by atoms with Gasteiger partial charge in [-0.1, -0.05) is 13.8 Å². The molecule has 0 saturated heterocycles. The van der Waals surface area contributed by atoms with Gasteiger partial charge in [-0.3, -0.25) is 0 Å². The molecule has 72 valence electrons. The first kappa shape index (κ1) is 10.4. The van der Waals surface area contributed by atoms with Gasteiger partial charge in [-0.2, -0.15) is 0 Å². The second-order valence-corrected chi connectivity index (χ2v) is 4.93. The van der Waals surface area contributed by atoms with Crippen molar-refractivity contribution < 1.29 is 4.79 Å². The topological polar surface area (TPSA) is 30.0 Å². The number of carbonyl (C=O) groups excluding carboxylic acids is 1. The fourth-order valence-corrected chi connectivity index (χ4v) is 1.96. The minimum absolute atomic E-state index is 0.433. The molecule has 2 nitrogen and oxygen atoms in total. The van der Waals surface area contributed by atoms with Gasteiger partial charge in [0.15, 0.2) is 0 Å². The maximum Gasteiger partial charge on any atom is 0.132 e. The molecule has 0 unspecified atom stereocenters. The average Bonchev–Trinajstić information content (AvgIpc) is 2.52. The summed E-state index contributed by atoms with van der Waals surface area (Å²) >= 11 is 1.57. The Bertz CT molecular complexity index is 302. The van der Waals surface area contributed by atoms with Gasteiger partial charge < -0.3 is 4.79 Å². The highest BCUT2D eigenvalue weighted by atomic mass is 32.1. The molecule has 0 aliphatic rings. The van der Waals surface area contributed by atoms with Gasteiger partial charge >= 0.3 is 0 Å². The predicted molar refractivity (Wildman–Crippen MR) is 55.3 cm³/mol. The predicted octanol–water partition coefficient (Wildman–Crippen LogP) is 2.74. The van der Waals surface area contributed by atoms with Crippen molar-refractivity contribution in [3.63, 3.8) is 0 Å². The number of aldehydes is 1. The number of hydrogen-bond donors (Lipinski definition) is 0. The summed E-state index contributed by atoms with van der Waals surface area (Å²) in [5, 5.41) is 2.94. The highest BCUT2D eigenvalue weighted by molar-refractivity contribution is 7.10. The lowest BCUT2D eigenvalue weighted by atomic mass is 9.97. The minimum Gasteiger partial charge on any atom is -0.302 e. The van der Waals surface area contributed by atoms with Crippen molar-refractivity contribution in [2.24, 2.45) is 0 Å². The van der Waals surface area contributed by atoms with Crippen molar-refractivity contribution >= 4 is 17.6 Å². The van der Waals surface area contributed by atoms with E-state index < -0.39 is 5.41 Å². The molecule has 0 amide bonds. The number of thiazole rings is 1. The largest absolute Gasteiger partial charge is 0.302 e. The zero-order valence-electron chi connectivity index (χ0n) is 8.50. The molecule has 0 spiro atoms. The molecule has 0 aliphatic carbocycles. The molecule has 3 heteroatoms. The summed E-state index contributed by atoms with van der Waals surface area (Å²) in [6, 6.07) is 0. The van der Waals surface area contributed by atoms with Gasteiger partial charge in [-0.05, 0) is 19.8 Å². The summed E-state index contributed by atoms with van der Waals surface area (Å²) in [6.07, 6.45) is 0.954. The fourth-order valence-electron chi connectivity index (χ4n) is 0.898. The molecule has 1 aromatic heterocycles. The van der Waals surface area contributed by atoms with Gasteiger partial charge in [0.25, 0.3) is 0 Å². The average molecular weight is 197 g/mol. The van der Waals surface area contributed by atoms with Gasteiger partial charge in [0, 0.05) is 5.38 Å². The van der Waals surface area contributed by atoms with Crippen LogP contribution in [-0.2, 0) is 10.2 Å². The number of rotatable bonds is 3. The molecule has 1 heterocycles. The Morgan fingerprint density at radius 1 is 1.54 bits per heavy atom. The van der Waals surface area contributed by atoms with E-state index in [2.05, 4.69) is 18.8 Å². The third kappa shape index (κ3) is 2.15. The van der Waals surface area contributed by atoms with E-state index in [-0.39, 0.29) is 0 Å². The maximum atomic E-state index is 10.8. The first-order chi connectivity index (χ1) is 5.97. The SMILES string of the molecule is CC(C)c1csc(C(C)(C)C=O)n1. The third-order valence-corrected chi connectivity index (χ3v) is 3.16. The number of nitrogens with zero attached hydrogens (tertiary/aromatic N) is 1. The van der Waals surface area contributed by atoms with Crippen LogP contribution in [0.1, 0.15) is 44.3 Å². The molecule has 0 bridgehead atoms. The summed E-state index contributed by atoms with van der Waals surface area (Å²) in [6.45, 7) is 7.99. The lowest BCUT2D eigenvalue weighted by Crippen LogP contribution is -2.18. The lowest BCUT2D eigenvalue weighted by Gasteiger charge is -2.12. The van der Waals surface area contributed by atoms with E-state index >= 15 is 0 Å². The Morgan fingerprint density at radius 2 is 2.15 bits per heavy atom. The van der Waals surface area contributed by atoms with Crippen LogP contribution in [0, 0.1) is 0 Å². The van der Waals surface area contributed by atoms with Crippen LogP contribution < -0.4 is 0 Å². The molecule has 0 aliphatic heterocycles. The molecule has 1 rings (SSSR count). The van der Waals surface area contributed by atoms with E-state index in [4.69, 9.17) is 0 Å². The quantitative estimate of drug-likeness (QED) is 0.697. The number of carbonyl (C=O) groups is 1. The van der Waals surface area contributed by atoms with E-state index in [1.54, 1.807) is 11.3 Å². The summed E-state index contributed by atoms with van der Waals surface area (Å²) in [5.41, 5.74) is 0.646. The van der Waals surface area contributed by atoms with Crippen molar-refractivity contribution in [1.82, 2.24) is 4.98 Å². The molecular weight excluding hydrogens is 182 g/mol. The first-order valence-electron chi connectivity index (χ1n) is 4.39. The minimum atomic E-state index is -0.433. The first-order valence-corrected chi connectivity index (χ1v) is 5.27. The molecule has 0 radical (unpaired) electrons. The van der Waals surface area contributed by atoms with Crippen LogP contribution in [0.15, 0.2) is 5.38 Å². The third-order valence-electron chi connectivity index (χ3n) is 1.96. The van der Waals surface area contributed by atoms with E-state index in [0.717, 1.165) is 17.0 Å². The van der Waals surface area contributed by atoms with Crippen molar-refractivity contribution in [2.75, 3.05) is 0 Å². The van der Waals surface area contributed by atoms with Crippen LogP contribution in [0.3, 0.4) is 0 Å². The van der Waals surface area contributed by atoms with Gasteiger partial charge in [-0.25, -0.2) is 4.98 Å². The maximum absolute atomic E-state index is 10.8. The lowest BCUT2D eigenvalue weighted by molar-refractivity contribution is -0.111. The Balaban J connectivity index is 2.98. The van der Waals surface area contributed by atoms with E-state index in [9.17, 15) is 4.79 Å². The Kier molecular flexibility index (Phi) is 2.86. The van der Waals surface area contributed by atoms with Gasteiger partial charge in [0.05, 0.1) is 11.1 Å². The molecular formula is C10H15NOS. The second kappa shape index (κ2) is 3.58. The van der Waals surface area contributed by atoms with E-state index in [0.29, 0.717) is 5.92 Å². The van der Waals surface area contributed by atoms with Crippen molar-refractivity contribution in [3.8, 4) is 0 Å². The summed E-state index contributed by atoms with van der Waals surface area (Å²) in [4.78, 5) is 15.2. The summed E-state index contributed by atoms with van der Waals surface area (Å²) in [7, 11) is 0. The Hall–Kier alpha value is -0.700.